The lowest BCUT2D eigenvalue weighted by Gasteiger charge is -2.06. The van der Waals surface area contributed by atoms with Crippen LogP contribution < -0.4 is 0 Å². The van der Waals surface area contributed by atoms with Gasteiger partial charge in [0.15, 0.2) is 0 Å². The molecular formula is C7H6BrClFNO. The molecule has 1 N–H and O–H groups in total. The zero-order valence-corrected chi connectivity index (χ0v) is 8.31. The normalized spacial score (nSPS) is 13.0. The number of rotatable bonds is 2. The molecule has 1 atom stereocenters. The van der Waals surface area contributed by atoms with E-state index in [0.717, 1.165) is 0 Å². The van der Waals surface area contributed by atoms with Crippen LogP contribution in [0.5, 0.6) is 0 Å². The number of aromatic nitrogens is 1. The number of alkyl halides is 1. The molecule has 0 fully saturated rings. The van der Waals surface area contributed by atoms with Gasteiger partial charge in [-0.15, -0.1) is 11.6 Å². The highest BCUT2D eigenvalue weighted by Gasteiger charge is 2.13. The van der Waals surface area contributed by atoms with E-state index in [4.69, 9.17) is 11.6 Å². The molecule has 1 rings (SSSR count). The van der Waals surface area contributed by atoms with Crippen molar-refractivity contribution >= 4 is 27.5 Å². The fourth-order valence-electron chi connectivity index (χ4n) is 0.740. The molecular weight excluding hydrogens is 248 g/mol. The molecule has 0 amide bonds. The van der Waals surface area contributed by atoms with Crippen LogP contribution in [0, 0.1) is 5.82 Å². The lowest BCUT2D eigenvalue weighted by molar-refractivity contribution is 0.192. The van der Waals surface area contributed by atoms with E-state index in [1.165, 1.54) is 12.1 Å². The molecule has 0 aromatic carbocycles. The van der Waals surface area contributed by atoms with Crippen molar-refractivity contribution in [3.05, 3.63) is 28.2 Å². The van der Waals surface area contributed by atoms with Crippen molar-refractivity contribution in [2.24, 2.45) is 0 Å². The third kappa shape index (κ3) is 2.15. The Morgan fingerprint density at radius 1 is 1.67 bits per heavy atom. The zero-order valence-electron chi connectivity index (χ0n) is 5.97. The van der Waals surface area contributed by atoms with Gasteiger partial charge in [0.2, 0.25) is 0 Å². The van der Waals surface area contributed by atoms with Crippen LogP contribution in [0.2, 0.25) is 0 Å². The van der Waals surface area contributed by atoms with Gasteiger partial charge in [0.25, 0.3) is 0 Å². The summed E-state index contributed by atoms with van der Waals surface area (Å²) in [5.41, 5.74) is -0.0284. The smallest absolute Gasteiger partial charge is 0.147 e. The van der Waals surface area contributed by atoms with E-state index >= 15 is 0 Å². The van der Waals surface area contributed by atoms with Crippen molar-refractivity contribution in [2.45, 2.75) is 6.10 Å². The Balaban J connectivity index is 3.04. The number of nitrogens with zero attached hydrogens (tertiary/aromatic N) is 1. The summed E-state index contributed by atoms with van der Waals surface area (Å²) in [7, 11) is 0. The van der Waals surface area contributed by atoms with Crippen LogP contribution in [0.3, 0.4) is 0 Å². The van der Waals surface area contributed by atoms with Gasteiger partial charge in [0, 0.05) is 0 Å². The first-order chi connectivity index (χ1) is 5.65. The minimum atomic E-state index is -1.05. The molecule has 1 aromatic heterocycles. The summed E-state index contributed by atoms with van der Waals surface area (Å²) in [6.07, 6.45) is -1.05. The van der Waals surface area contributed by atoms with Crippen LogP contribution in [0.15, 0.2) is 16.7 Å². The molecule has 0 bridgehead atoms. The predicted molar refractivity (Wildman–Crippen MR) is 47.6 cm³/mol. The fourth-order valence-corrected chi connectivity index (χ4v) is 1.21. The third-order valence-corrected chi connectivity index (χ3v) is 2.03. The molecule has 1 unspecified atom stereocenters. The van der Waals surface area contributed by atoms with Gasteiger partial charge < -0.3 is 5.11 Å². The molecule has 0 aliphatic heterocycles. The van der Waals surface area contributed by atoms with Gasteiger partial charge in [-0.2, -0.15) is 0 Å². The summed E-state index contributed by atoms with van der Waals surface area (Å²) in [5, 5.41) is 9.18. The second-order valence-electron chi connectivity index (χ2n) is 2.17. The molecule has 2 nitrogen and oxygen atoms in total. The number of hydrogen-bond donors (Lipinski definition) is 1. The summed E-state index contributed by atoms with van der Waals surface area (Å²) in [4.78, 5) is 3.75. The van der Waals surface area contributed by atoms with Gasteiger partial charge >= 0.3 is 0 Å². The minimum Gasteiger partial charge on any atom is -0.385 e. The van der Waals surface area contributed by atoms with E-state index in [1.807, 2.05) is 0 Å². The van der Waals surface area contributed by atoms with Gasteiger partial charge in [0.05, 0.1) is 5.88 Å². The number of pyridine rings is 1. The number of halogens is 3. The summed E-state index contributed by atoms with van der Waals surface area (Å²) in [5.74, 6) is -0.619. The fraction of sp³-hybridized carbons (Fsp3) is 0.286. The average Bonchev–Trinajstić information content (AvgIpc) is 2.08. The average molecular weight is 254 g/mol. The van der Waals surface area contributed by atoms with E-state index in [1.54, 1.807) is 0 Å². The Morgan fingerprint density at radius 3 is 2.92 bits per heavy atom. The van der Waals surface area contributed by atoms with E-state index < -0.39 is 11.9 Å². The van der Waals surface area contributed by atoms with Crippen LogP contribution in [0.25, 0.3) is 0 Å². The monoisotopic (exact) mass is 253 g/mol. The zero-order chi connectivity index (χ0) is 9.14. The summed E-state index contributed by atoms with van der Waals surface area (Å²) in [6, 6.07) is 2.68. The lowest BCUT2D eigenvalue weighted by Crippen LogP contribution is -2.05. The summed E-state index contributed by atoms with van der Waals surface area (Å²) >= 11 is 8.40. The van der Waals surface area contributed by atoms with E-state index in [2.05, 4.69) is 20.9 Å². The highest BCUT2D eigenvalue weighted by molar-refractivity contribution is 9.10. The SMILES string of the molecule is OC(CCl)c1nc(Br)ccc1F. The second kappa shape index (κ2) is 4.16. The molecule has 66 valence electrons. The molecule has 1 aromatic rings. The first kappa shape index (κ1) is 9.89. The van der Waals surface area contributed by atoms with E-state index in [9.17, 15) is 9.50 Å². The van der Waals surface area contributed by atoms with Crippen LogP contribution in [-0.2, 0) is 0 Å². The number of hydrogen-bond acceptors (Lipinski definition) is 2. The molecule has 0 aliphatic rings. The molecule has 0 aliphatic carbocycles. The van der Waals surface area contributed by atoms with Gasteiger partial charge in [-0.25, -0.2) is 9.37 Å². The van der Waals surface area contributed by atoms with Crippen molar-refractivity contribution < 1.29 is 9.50 Å². The quantitative estimate of drug-likeness (QED) is 0.649. The van der Waals surface area contributed by atoms with Crippen molar-refractivity contribution in [1.29, 1.82) is 0 Å². The van der Waals surface area contributed by atoms with Gasteiger partial charge in [-0.05, 0) is 28.1 Å². The van der Waals surface area contributed by atoms with Crippen molar-refractivity contribution in [3.8, 4) is 0 Å². The molecule has 0 saturated carbocycles. The Kier molecular flexibility index (Phi) is 3.43. The van der Waals surface area contributed by atoms with Crippen molar-refractivity contribution in [2.75, 3.05) is 5.88 Å². The predicted octanol–water partition coefficient (Wildman–Crippen LogP) is 2.26. The molecule has 5 heteroatoms. The Hall–Kier alpha value is -0.190. The van der Waals surface area contributed by atoms with E-state index in [-0.39, 0.29) is 11.6 Å². The molecule has 0 radical (unpaired) electrons. The number of aliphatic hydroxyl groups excluding tert-OH is 1. The highest BCUT2D eigenvalue weighted by Crippen LogP contribution is 2.18. The second-order valence-corrected chi connectivity index (χ2v) is 3.29. The highest BCUT2D eigenvalue weighted by atomic mass is 79.9. The van der Waals surface area contributed by atoms with Gasteiger partial charge in [-0.3, -0.25) is 0 Å². The van der Waals surface area contributed by atoms with Gasteiger partial charge in [-0.1, -0.05) is 0 Å². The van der Waals surface area contributed by atoms with Crippen LogP contribution in [0.4, 0.5) is 4.39 Å². The largest absolute Gasteiger partial charge is 0.385 e. The maximum atomic E-state index is 12.9. The minimum absolute atomic E-state index is 0.0284. The maximum absolute atomic E-state index is 12.9. The topological polar surface area (TPSA) is 33.1 Å². The molecule has 0 spiro atoms. The van der Waals surface area contributed by atoms with Gasteiger partial charge in [0.1, 0.15) is 22.2 Å². The van der Waals surface area contributed by atoms with E-state index in [0.29, 0.717) is 4.60 Å². The Labute approximate surface area is 82.5 Å². The molecule has 1 heterocycles. The van der Waals surface area contributed by atoms with Crippen molar-refractivity contribution in [1.82, 2.24) is 4.98 Å². The molecule has 0 saturated heterocycles. The van der Waals surface area contributed by atoms with Crippen LogP contribution in [0.1, 0.15) is 11.8 Å². The lowest BCUT2D eigenvalue weighted by atomic mass is 10.2. The maximum Gasteiger partial charge on any atom is 0.147 e. The summed E-state index contributed by atoms with van der Waals surface area (Å²) < 4.78 is 13.4. The Morgan fingerprint density at radius 2 is 2.33 bits per heavy atom. The third-order valence-electron chi connectivity index (χ3n) is 1.30. The first-order valence-corrected chi connectivity index (χ1v) is 4.54. The molecule has 12 heavy (non-hydrogen) atoms. The van der Waals surface area contributed by atoms with Crippen LogP contribution >= 0.6 is 27.5 Å². The first-order valence-electron chi connectivity index (χ1n) is 3.21. The number of aliphatic hydroxyl groups is 1. The Bertz CT molecular complexity index is 284. The van der Waals surface area contributed by atoms with Crippen molar-refractivity contribution in [3.63, 3.8) is 0 Å². The standard InChI is InChI=1S/C7H6BrClFNO/c8-6-2-1-4(10)7(11-6)5(12)3-9/h1-2,5,12H,3H2. The summed E-state index contributed by atoms with van der Waals surface area (Å²) in [6.45, 7) is 0. The van der Waals surface area contributed by atoms with Crippen LogP contribution in [-0.4, -0.2) is 16.0 Å².